The molecule has 0 aromatic carbocycles. The number of likely N-dealkylation sites (tertiary alicyclic amines) is 1. The maximum atomic E-state index is 12.3. The minimum absolute atomic E-state index is 0.184. The first-order chi connectivity index (χ1) is 9.04. The second kappa shape index (κ2) is 5.66. The number of nitrogens with zero attached hydrogens (tertiary/aromatic N) is 2. The number of carboxylic acid groups (broad SMARTS) is 1. The monoisotopic (exact) mass is 283 g/mol. The molecule has 0 bridgehead atoms. The summed E-state index contributed by atoms with van der Waals surface area (Å²) in [6.45, 7) is 2.75. The molecule has 1 aromatic rings. The Hall–Kier alpha value is -1.47. The summed E-state index contributed by atoms with van der Waals surface area (Å²) in [6, 6.07) is -0.287. The number of rotatable bonds is 4. The van der Waals surface area contributed by atoms with E-state index >= 15 is 0 Å². The Bertz CT molecular complexity index is 488. The molecule has 1 aliphatic rings. The van der Waals surface area contributed by atoms with Gasteiger partial charge in [-0.2, -0.15) is 0 Å². The first kappa shape index (κ1) is 14.0. The van der Waals surface area contributed by atoms with Gasteiger partial charge in [0.25, 0.3) is 5.91 Å². The number of hydrogen-bond donors (Lipinski definition) is 2. The molecular formula is C12H17N3O3S. The van der Waals surface area contributed by atoms with E-state index in [0.29, 0.717) is 31.6 Å². The van der Waals surface area contributed by atoms with E-state index in [2.05, 4.69) is 4.98 Å². The van der Waals surface area contributed by atoms with Crippen LogP contribution in [0.4, 0.5) is 0 Å². The molecule has 0 radical (unpaired) electrons. The third kappa shape index (κ3) is 2.76. The fourth-order valence-electron chi connectivity index (χ4n) is 2.35. The van der Waals surface area contributed by atoms with Gasteiger partial charge in [0, 0.05) is 24.4 Å². The summed E-state index contributed by atoms with van der Waals surface area (Å²) in [5.74, 6) is -1.51. The van der Waals surface area contributed by atoms with E-state index in [1.165, 1.54) is 11.3 Å². The molecule has 0 spiro atoms. The Morgan fingerprint density at radius 1 is 1.63 bits per heavy atom. The number of nitrogens with two attached hydrogens (primary N) is 1. The van der Waals surface area contributed by atoms with Gasteiger partial charge in [0.2, 0.25) is 0 Å². The van der Waals surface area contributed by atoms with Crippen molar-refractivity contribution >= 4 is 23.2 Å². The van der Waals surface area contributed by atoms with Crippen LogP contribution in [-0.4, -0.2) is 46.0 Å². The summed E-state index contributed by atoms with van der Waals surface area (Å²) in [4.78, 5) is 29.2. The molecule has 2 unspecified atom stereocenters. The van der Waals surface area contributed by atoms with E-state index in [-0.39, 0.29) is 11.9 Å². The summed E-state index contributed by atoms with van der Waals surface area (Å²) in [5.41, 5.74) is 5.84. The second-order valence-electron chi connectivity index (χ2n) is 4.64. The van der Waals surface area contributed by atoms with Gasteiger partial charge in [-0.1, -0.05) is 0 Å². The van der Waals surface area contributed by atoms with Crippen molar-refractivity contribution < 1.29 is 14.7 Å². The van der Waals surface area contributed by atoms with Crippen molar-refractivity contribution in [2.24, 2.45) is 11.7 Å². The van der Waals surface area contributed by atoms with E-state index in [1.54, 1.807) is 17.2 Å². The quantitative estimate of drug-likeness (QED) is 0.842. The molecule has 3 N–H and O–H groups in total. The van der Waals surface area contributed by atoms with Crippen LogP contribution in [0.15, 0.2) is 5.38 Å². The van der Waals surface area contributed by atoms with Gasteiger partial charge in [-0.25, -0.2) is 4.98 Å². The lowest BCUT2D eigenvalue weighted by molar-refractivity contribution is -0.142. The van der Waals surface area contributed by atoms with Crippen LogP contribution in [0.25, 0.3) is 0 Å². The average molecular weight is 283 g/mol. The molecule has 1 aromatic heterocycles. The van der Waals surface area contributed by atoms with Crippen LogP contribution in [0.1, 0.15) is 28.8 Å². The molecule has 7 heteroatoms. The molecule has 1 fully saturated rings. The fourth-order valence-corrected chi connectivity index (χ4v) is 3.14. The highest BCUT2D eigenvalue weighted by atomic mass is 32.1. The van der Waals surface area contributed by atoms with Crippen LogP contribution in [0.3, 0.4) is 0 Å². The van der Waals surface area contributed by atoms with Crippen molar-refractivity contribution in [3.8, 4) is 0 Å². The number of aromatic nitrogens is 1. The molecular weight excluding hydrogens is 266 g/mol. The number of hydrogen-bond acceptors (Lipinski definition) is 5. The molecule has 0 aliphatic carbocycles. The molecule has 1 saturated heterocycles. The van der Waals surface area contributed by atoms with Crippen LogP contribution in [0, 0.1) is 5.92 Å². The zero-order chi connectivity index (χ0) is 14.0. The van der Waals surface area contributed by atoms with Gasteiger partial charge < -0.3 is 15.7 Å². The van der Waals surface area contributed by atoms with E-state index in [4.69, 9.17) is 10.8 Å². The summed E-state index contributed by atoms with van der Waals surface area (Å²) < 4.78 is 0. The van der Waals surface area contributed by atoms with Crippen molar-refractivity contribution in [2.45, 2.75) is 25.8 Å². The first-order valence-electron chi connectivity index (χ1n) is 6.23. The van der Waals surface area contributed by atoms with Gasteiger partial charge in [-0.3, -0.25) is 9.59 Å². The maximum Gasteiger partial charge on any atom is 0.308 e. The Balaban J connectivity index is 2.09. The van der Waals surface area contributed by atoms with E-state index in [1.807, 2.05) is 0 Å². The summed E-state index contributed by atoms with van der Waals surface area (Å²) in [5, 5.41) is 11.6. The Kier molecular flexibility index (Phi) is 4.16. The zero-order valence-corrected chi connectivity index (χ0v) is 11.5. The molecule has 2 atom stereocenters. The third-order valence-electron chi connectivity index (χ3n) is 3.46. The summed E-state index contributed by atoms with van der Waals surface area (Å²) in [7, 11) is 0. The highest BCUT2D eigenvalue weighted by Gasteiger charge is 2.38. The van der Waals surface area contributed by atoms with Crippen LogP contribution in [-0.2, 0) is 11.2 Å². The highest BCUT2D eigenvalue weighted by molar-refractivity contribution is 7.09. The minimum Gasteiger partial charge on any atom is -0.481 e. The smallest absolute Gasteiger partial charge is 0.308 e. The SMILES string of the molecule is CC1C(C(=O)O)CCN1C(=O)c1csc(CCN)n1. The van der Waals surface area contributed by atoms with Gasteiger partial charge in [-0.15, -0.1) is 11.3 Å². The molecule has 1 aliphatic heterocycles. The van der Waals surface area contributed by atoms with Gasteiger partial charge in [0.15, 0.2) is 0 Å². The number of carboxylic acids is 1. The van der Waals surface area contributed by atoms with Crippen molar-refractivity contribution in [1.29, 1.82) is 0 Å². The number of aliphatic carboxylic acids is 1. The third-order valence-corrected chi connectivity index (χ3v) is 4.37. The molecule has 19 heavy (non-hydrogen) atoms. The predicted octanol–water partition coefficient (Wildman–Crippen LogP) is 0.580. The Morgan fingerprint density at radius 3 is 2.95 bits per heavy atom. The van der Waals surface area contributed by atoms with Gasteiger partial charge in [0.1, 0.15) is 5.69 Å². The van der Waals surface area contributed by atoms with Gasteiger partial charge in [0.05, 0.1) is 10.9 Å². The van der Waals surface area contributed by atoms with E-state index < -0.39 is 11.9 Å². The summed E-state index contributed by atoms with van der Waals surface area (Å²) >= 11 is 1.41. The standard InChI is InChI=1S/C12H17N3O3S/c1-7-8(12(17)18)3-5-15(7)11(16)9-6-19-10(14-9)2-4-13/h6-8H,2-5,13H2,1H3,(H,17,18). The van der Waals surface area contributed by atoms with Gasteiger partial charge >= 0.3 is 5.97 Å². The molecule has 104 valence electrons. The lowest BCUT2D eigenvalue weighted by Crippen LogP contribution is -2.37. The normalized spacial score (nSPS) is 22.7. The van der Waals surface area contributed by atoms with Crippen LogP contribution in [0.2, 0.25) is 0 Å². The number of carbonyl (C=O) groups is 2. The summed E-state index contributed by atoms with van der Waals surface area (Å²) in [6.07, 6.45) is 1.16. The highest BCUT2D eigenvalue weighted by Crippen LogP contribution is 2.26. The topological polar surface area (TPSA) is 96.5 Å². The first-order valence-corrected chi connectivity index (χ1v) is 7.10. The molecule has 2 rings (SSSR count). The number of amides is 1. The van der Waals surface area contributed by atoms with Crippen molar-refractivity contribution in [3.05, 3.63) is 16.1 Å². The number of thiazole rings is 1. The largest absolute Gasteiger partial charge is 0.481 e. The lowest BCUT2D eigenvalue weighted by atomic mass is 10.0. The lowest BCUT2D eigenvalue weighted by Gasteiger charge is -2.22. The van der Waals surface area contributed by atoms with Crippen LogP contribution in [0.5, 0.6) is 0 Å². The van der Waals surface area contributed by atoms with Crippen molar-refractivity contribution in [2.75, 3.05) is 13.1 Å². The van der Waals surface area contributed by atoms with E-state index in [9.17, 15) is 9.59 Å². The number of carbonyl (C=O) groups excluding carboxylic acids is 1. The Labute approximate surface area is 115 Å². The van der Waals surface area contributed by atoms with Gasteiger partial charge in [-0.05, 0) is 19.9 Å². The minimum atomic E-state index is -0.843. The Morgan fingerprint density at radius 2 is 2.37 bits per heavy atom. The maximum absolute atomic E-state index is 12.3. The fraction of sp³-hybridized carbons (Fsp3) is 0.583. The second-order valence-corrected chi connectivity index (χ2v) is 5.58. The van der Waals surface area contributed by atoms with Crippen molar-refractivity contribution in [3.63, 3.8) is 0 Å². The molecule has 6 nitrogen and oxygen atoms in total. The van der Waals surface area contributed by atoms with Crippen LogP contribution >= 0.6 is 11.3 Å². The van der Waals surface area contributed by atoms with E-state index in [0.717, 1.165) is 5.01 Å². The molecule has 0 saturated carbocycles. The molecule has 2 heterocycles. The average Bonchev–Trinajstić information content (AvgIpc) is 2.95. The van der Waals surface area contributed by atoms with Crippen LogP contribution < -0.4 is 5.73 Å². The molecule has 1 amide bonds. The zero-order valence-electron chi connectivity index (χ0n) is 10.7. The predicted molar refractivity (Wildman–Crippen MR) is 71.1 cm³/mol. The van der Waals surface area contributed by atoms with Crippen molar-refractivity contribution in [1.82, 2.24) is 9.88 Å².